The lowest BCUT2D eigenvalue weighted by Crippen LogP contribution is -2.44. The molecule has 8 nitrogen and oxygen atoms in total. The van der Waals surface area contributed by atoms with Gasteiger partial charge in [-0.2, -0.15) is 0 Å². The van der Waals surface area contributed by atoms with E-state index in [0.717, 1.165) is 48.6 Å². The van der Waals surface area contributed by atoms with E-state index < -0.39 is 6.09 Å². The van der Waals surface area contributed by atoms with E-state index >= 15 is 0 Å². The second-order valence-corrected chi connectivity index (χ2v) is 10.6. The zero-order chi connectivity index (χ0) is 23.6. The number of amides is 1. The molecule has 0 radical (unpaired) electrons. The molecule has 0 atom stereocenters. The van der Waals surface area contributed by atoms with Crippen LogP contribution in [-0.4, -0.2) is 51.1 Å². The number of hydrogen-bond donors (Lipinski definition) is 2. The monoisotopic (exact) mass is 455 g/mol. The fourth-order valence-electron chi connectivity index (χ4n) is 5.91. The molecule has 1 amide bonds. The average Bonchev–Trinajstić information content (AvgIpc) is 3.11. The molecular weight excluding hydrogens is 418 g/mol. The van der Waals surface area contributed by atoms with Gasteiger partial charge in [0.15, 0.2) is 0 Å². The lowest BCUT2D eigenvalue weighted by Gasteiger charge is -2.43. The first kappa shape index (κ1) is 23.5. The number of oxime groups is 1. The second-order valence-electron chi connectivity index (χ2n) is 10.6. The number of pyridine rings is 1. The minimum absolute atomic E-state index is 0.0179. The Balaban J connectivity index is 1.52. The fourth-order valence-corrected chi connectivity index (χ4v) is 5.91. The summed E-state index contributed by atoms with van der Waals surface area (Å²) < 4.78 is 7.34. The van der Waals surface area contributed by atoms with Crippen molar-refractivity contribution in [1.29, 1.82) is 0 Å². The molecule has 3 N–H and O–H groups in total. The molecule has 2 aliphatic rings. The standard InChI is InChI=1S/C25H37N5O3/c1-25(2,3)17-6-8-18(9-7-17)29-13-10-19(11-14-29)30-22(16-33-24(26)31)21(15-28-32)20-5-4-12-27-23(20)30/h4-5,12,15,17-19,32H,6-11,13-14,16H2,1-3H3,(H2,26,31)/t17-,18+. The Kier molecular flexibility index (Phi) is 6.93. The molecule has 1 aliphatic carbocycles. The number of rotatable bonds is 5. The molecule has 3 heterocycles. The molecule has 0 spiro atoms. The summed E-state index contributed by atoms with van der Waals surface area (Å²) in [6, 6.07) is 4.72. The van der Waals surface area contributed by atoms with Crippen LogP contribution in [0.3, 0.4) is 0 Å². The maximum absolute atomic E-state index is 11.3. The summed E-state index contributed by atoms with van der Waals surface area (Å²) in [7, 11) is 0. The fraction of sp³-hybridized carbons (Fsp3) is 0.640. The lowest BCUT2D eigenvalue weighted by molar-refractivity contribution is 0.0711. The van der Waals surface area contributed by atoms with Crippen LogP contribution in [0.15, 0.2) is 23.5 Å². The van der Waals surface area contributed by atoms with E-state index in [1.54, 1.807) is 6.20 Å². The van der Waals surface area contributed by atoms with E-state index in [0.29, 0.717) is 17.0 Å². The number of ether oxygens (including phenoxy) is 1. The summed E-state index contributed by atoms with van der Waals surface area (Å²) in [5.74, 6) is 0.822. The Bertz CT molecular complexity index is 993. The number of piperidine rings is 1. The van der Waals surface area contributed by atoms with E-state index in [1.807, 2.05) is 12.1 Å². The van der Waals surface area contributed by atoms with Gasteiger partial charge in [0, 0.05) is 42.3 Å². The number of carbonyl (C=O) groups excluding carboxylic acids is 1. The number of fused-ring (bicyclic) bond motifs is 1. The molecular formula is C25H37N5O3. The molecule has 8 heteroatoms. The number of nitrogens with zero attached hydrogens (tertiary/aromatic N) is 4. The van der Waals surface area contributed by atoms with Crippen molar-refractivity contribution in [2.45, 2.75) is 78.0 Å². The quantitative estimate of drug-likeness (QED) is 0.387. The minimum Gasteiger partial charge on any atom is -0.443 e. The van der Waals surface area contributed by atoms with Crippen molar-refractivity contribution in [3.63, 3.8) is 0 Å². The number of nitrogens with two attached hydrogens (primary N) is 1. The van der Waals surface area contributed by atoms with E-state index in [-0.39, 0.29) is 12.6 Å². The van der Waals surface area contributed by atoms with Gasteiger partial charge in [0.2, 0.25) is 0 Å². The van der Waals surface area contributed by atoms with Gasteiger partial charge in [-0.3, -0.25) is 0 Å². The van der Waals surface area contributed by atoms with Gasteiger partial charge in [0.05, 0.1) is 11.9 Å². The third-order valence-electron chi connectivity index (χ3n) is 7.75. The molecule has 0 unspecified atom stereocenters. The van der Waals surface area contributed by atoms with Crippen LogP contribution in [-0.2, 0) is 11.3 Å². The lowest BCUT2D eigenvalue weighted by atomic mass is 9.71. The molecule has 1 aliphatic heterocycles. The second kappa shape index (κ2) is 9.71. The minimum atomic E-state index is -0.827. The maximum Gasteiger partial charge on any atom is 0.404 e. The van der Waals surface area contributed by atoms with Gasteiger partial charge in [-0.15, -0.1) is 0 Å². The van der Waals surface area contributed by atoms with Crippen molar-refractivity contribution >= 4 is 23.3 Å². The van der Waals surface area contributed by atoms with Crippen LogP contribution >= 0.6 is 0 Å². The molecule has 180 valence electrons. The predicted octanol–water partition coefficient (Wildman–Crippen LogP) is 4.68. The first-order valence-corrected chi connectivity index (χ1v) is 12.1. The Hall–Kier alpha value is -2.61. The Morgan fingerprint density at radius 2 is 1.91 bits per heavy atom. The zero-order valence-electron chi connectivity index (χ0n) is 20.0. The maximum atomic E-state index is 11.3. The van der Waals surface area contributed by atoms with Crippen molar-refractivity contribution in [2.24, 2.45) is 22.2 Å². The Morgan fingerprint density at radius 1 is 1.21 bits per heavy atom. The van der Waals surface area contributed by atoms with Crippen LogP contribution in [0.25, 0.3) is 11.0 Å². The molecule has 1 saturated heterocycles. The molecule has 4 rings (SSSR count). The van der Waals surface area contributed by atoms with E-state index in [4.69, 9.17) is 10.5 Å². The summed E-state index contributed by atoms with van der Waals surface area (Å²) in [5, 5.41) is 13.4. The van der Waals surface area contributed by atoms with Crippen molar-refractivity contribution < 1.29 is 14.7 Å². The molecule has 2 fully saturated rings. The molecule has 1 saturated carbocycles. The van der Waals surface area contributed by atoms with Gasteiger partial charge in [-0.25, -0.2) is 9.78 Å². The van der Waals surface area contributed by atoms with Gasteiger partial charge in [0.25, 0.3) is 0 Å². The van der Waals surface area contributed by atoms with Crippen molar-refractivity contribution in [2.75, 3.05) is 13.1 Å². The third kappa shape index (κ3) is 5.00. The van der Waals surface area contributed by atoms with Gasteiger partial charge < -0.3 is 25.1 Å². The molecule has 2 aromatic rings. The SMILES string of the molecule is CC(C)(C)[C@H]1CC[C@@H](N2CCC(n3c(COC(N)=O)c(C=NO)c4cccnc43)CC2)CC1. The topological polar surface area (TPSA) is 106 Å². The van der Waals surface area contributed by atoms with Crippen LogP contribution < -0.4 is 5.73 Å². The number of likely N-dealkylation sites (tertiary alicyclic amines) is 1. The molecule has 2 aromatic heterocycles. The summed E-state index contributed by atoms with van der Waals surface area (Å²) in [6.07, 6.45) is 9.54. The van der Waals surface area contributed by atoms with E-state index in [2.05, 4.69) is 40.4 Å². The summed E-state index contributed by atoms with van der Waals surface area (Å²) in [4.78, 5) is 18.6. The predicted molar refractivity (Wildman–Crippen MR) is 129 cm³/mol. The number of primary amides is 1. The highest BCUT2D eigenvalue weighted by Gasteiger charge is 2.34. The van der Waals surface area contributed by atoms with Crippen LogP contribution in [0.4, 0.5) is 4.79 Å². The summed E-state index contributed by atoms with van der Waals surface area (Å²) >= 11 is 0. The third-order valence-corrected chi connectivity index (χ3v) is 7.75. The van der Waals surface area contributed by atoms with Crippen LogP contribution in [0, 0.1) is 11.3 Å². The van der Waals surface area contributed by atoms with E-state index in [9.17, 15) is 10.0 Å². The normalized spacial score (nSPS) is 23.4. The first-order chi connectivity index (χ1) is 15.8. The first-order valence-electron chi connectivity index (χ1n) is 12.1. The largest absolute Gasteiger partial charge is 0.443 e. The zero-order valence-corrected chi connectivity index (χ0v) is 20.0. The highest BCUT2D eigenvalue weighted by atomic mass is 16.5. The van der Waals surface area contributed by atoms with Crippen LogP contribution in [0.1, 0.15) is 76.6 Å². The van der Waals surface area contributed by atoms with Gasteiger partial charge in [-0.05, 0) is 62.0 Å². The van der Waals surface area contributed by atoms with Gasteiger partial charge in [0.1, 0.15) is 12.3 Å². The molecule has 33 heavy (non-hydrogen) atoms. The highest BCUT2D eigenvalue weighted by molar-refractivity contribution is 5.99. The summed E-state index contributed by atoms with van der Waals surface area (Å²) in [6.45, 7) is 9.21. The Labute approximate surface area is 195 Å². The van der Waals surface area contributed by atoms with Crippen molar-refractivity contribution in [3.8, 4) is 0 Å². The smallest absolute Gasteiger partial charge is 0.404 e. The summed E-state index contributed by atoms with van der Waals surface area (Å²) in [5.41, 5.74) is 7.95. The van der Waals surface area contributed by atoms with Crippen LogP contribution in [0.2, 0.25) is 0 Å². The van der Waals surface area contributed by atoms with Gasteiger partial charge >= 0.3 is 6.09 Å². The molecule has 0 bridgehead atoms. The van der Waals surface area contributed by atoms with Crippen molar-refractivity contribution in [1.82, 2.24) is 14.5 Å². The number of aromatic nitrogens is 2. The highest BCUT2D eigenvalue weighted by Crippen LogP contribution is 2.40. The van der Waals surface area contributed by atoms with Gasteiger partial charge in [-0.1, -0.05) is 25.9 Å². The van der Waals surface area contributed by atoms with Crippen molar-refractivity contribution in [3.05, 3.63) is 29.6 Å². The average molecular weight is 456 g/mol. The number of carbonyl (C=O) groups is 1. The number of hydrogen-bond acceptors (Lipinski definition) is 6. The Morgan fingerprint density at radius 3 is 2.52 bits per heavy atom. The molecule has 0 aromatic carbocycles. The van der Waals surface area contributed by atoms with E-state index in [1.165, 1.54) is 31.9 Å². The van der Waals surface area contributed by atoms with Crippen LogP contribution in [0.5, 0.6) is 0 Å².